The van der Waals surface area contributed by atoms with Gasteiger partial charge in [-0.25, -0.2) is 0 Å². The molecule has 0 unspecified atom stereocenters. The molecule has 0 aromatic heterocycles. The number of benzene rings is 1. The summed E-state index contributed by atoms with van der Waals surface area (Å²) in [7, 11) is -3.62. The maximum atomic E-state index is 12.1. The third-order valence-corrected chi connectivity index (χ3v) is 6.18. The lowest BCUT2D eigenvalue weighted by atomic mass is 9.72. The summed E-state index contributed by atoms with van der Waals surface area (Å²) in [5.74, 6) is 0.596. The van der Waals surface area contributed by atoms with E-state index in [0.717, 1.165) is 10.9 Å². The Hall–Kier alpha value is -0.390. The van der Waals surface area contributed by atoms with Gasteiger partial charge in [-0.1, -0.05) is 29.8 Å². The van der Waals surface area contributed by atoms with Crippen LogP contribution in [0.25, 0.3) is 0 Å². The summed E-state index contributed by atoms with van der Waals surface area (Å²) in [6.07, 6.45) is 5.61. The summed E-state index contributed by atoms with van der Waals surface area (Å²) < 4.78 is 30.1. The summed E-state index contributed by atoms with van der Waals surface area (Å²) >= 11 is 3.29. The Balaban J connectivity index is 1.82. The predicted molar refractivity (Wildman–Crippen MR) is 87.6 cm³/mol. The van der Waals surface area contributed by atoms with Crippen molar-refractivity contribution < 1.29 is 12.6 Å². The van der Waals surface area contributed by atoms with Gasteiger partial charge >= 0.3 is 0 Å². The van der Waals surface area contributed by atoms with Crippen molar-refractivity contribution in [2.24, 2.45) is 11.3 Å². The largest absolute Gasteiger partial charge is 0.296 e. The van der Waals surface area contributed by atoms with Crippen molar-refractivity contribution in [2.75, 3.05) is 6.61 Å². The highest BCUT2D eigenvalue weighted by atomic mass is 79.9. The molecule has 0 heterocycles. The molecule has 0 amide bonds. The van der Waals surface area contributed by atoms with Crippen LogP contribution in [0.2, 0.25) is 0 Å². The predicted octanol–water partition coefficient (Wildman–Crippen LogP) is 4.76. The highest BCUT2D eigenvalue weighted by Crippen LogP contribution is 2.39. The van der Waals surface area contributed by atoms with Crippen molar-refractivity contribution >= 4 is 26.0 Å². The van der Waals surface area contributed by atoms with Crippen LogP contribution in [-0.4, -0.2) is 15.0 Å². The Morgan fingerprint density at radius 2 is 1.76 bits per heavy atom. The first-order valence-corrected chi connectivity index (χ1v) is 9.64. The first-order chi connectivity index (χ1) is 9.78. The van der Waals surface area contributed by atoms with Crippen molar-refractivity contribution in [1.82, 2.24) is 0 Å². The minimum absolute atomic E-state index is 0.218. The molecule has 0 aliphatic heterocycles. The van der Waals surface area contributed by atoms with Gasteiger partial charge in [-0.15, -0.1) is 0 Å². The van der Waals surface area contributed by atoms with E-state index < -0.39 is 10.1 Å². The number of hydrogen-bond acceptors (Lipinski definition) is 3. The fraction of sp³-hybridized carbons (Fsp3) is 0.625. The van der Waals surface area contributed by atoms with Gasteiger partial charge in [-0.2, -0.15) is 8.42 Å². The minimum Gasteiger partial charge on any atom is -0.266 e. The minimum atomic E-state index is -3.62. The second-order valence-corrected chi connectivity index (χ2v) is 9.16. The number of halogens is 1. The van der Waals surface area contributed by atoms with Crippen LogP contribution in [0.1, 0.15) is 46.0 Å². The fourth-order valence-electron chi connectivity index (χ4n) is 2.74. The van der Waals surface area contributed by atoms with Crippen LogP contribution in [0, 0.1) is 11.3 Å². The van der Waals surface area contributed by atoms with Crippen molar-refractivity contribution in [2.45, 2.75) is 50.8 Å². The molecule has 2 rings (SSSR count). The molecule has 1 aromatic carbocycles. The SMILES string of the molecule is CC1(C)CCC(CCOS(=O)(=O)c2ccc(Br)cc2)CC1. The molecule has 0 saturated heterocycles. The molecule has 1 aromatic rings. The van der Waals surface area contributed by atoms with Crippen LogP contribution < -0.4 is 0 Å². The molecular weight excluding hydrogens is 352 g/mol. The summed E-state index contributed by atoms with van der Waals surface area (Å²) in [5.41, 5.74) is 0.445. The molecule has 0 radical (unpaired) electrons. The molecule has 3 nitrogen and oxygen atoms in total. The number of rotatable bonds is 5. The smallest absolute Gasteiger partial charge is 0.266 e. The Labute approximate surface area is 136 Å². The van der Waals surface area contributed by atoms with E-state index in [4.69, 9.17) is 4.18 Å². The first kappa shape index (κ1) is 17.0. The van der Waals surface area contributed by atoms with Crippen LogP contribution in [0.3, 0.4) is 0 Å². The molecule has 1 aliphatic carbocycles. The summed E-state index contributed by atoms with van der Waals surface area (Å²) in [6, 6.07) is 6.53. The molecule has 21 heavy (non-hydrogen) atoms. The monoisotopic (exact) mass is 374 g/mol. The Morgan fingerprint density at radius 3 is 2.33 bits per heavy atom. The molecule has 1 aliphatic rings. The molecule has 1 fully saturated rings. The molecule has 1 saturated carbocycles. The summed E-state index contributed by atoms with van der Waals surface area (Å²) in [5, 5.41) is 0. The van der Waals surface area contributed by atoms with Crippen LogP contribution in [0.5, 0.6) is 0 Å². The normalized spacial score (nSPS) is 19.6. The van der Waals surface area contributed by atoms with Gasteiger partial charge in [0.15, 0.2) is 0 Å². The maximum absolute atomic E-state index is 12.1. The van der Waals surface area contributed by atoms with Crippen molar-refractivity contribution in [3.05, 3.63) is 28.7 Å². The zero-order chi connectivity index (χ0) is 15.5. The molecule has 0 atom stereocenters. The average molecular weight is 375 g/mol. The summed E-state index contributed by atoms with van der Waals surface area (Å²) in [6.45, 7) is 4.89. The van der Waals surface area contributed by atoms with E-state index in [0.29, 0.717) is 11.3 Å². The topological polar surface area (TPSA) is 43.4 Å². The molecule has 0 N–H and O–H groups in total. The van der Waals surface area contributed by atoms with E-state index in [1.54, 1.807) is 24.3 Å². The highest BCUT2D eigenvalue weighted by Gasteiger charge is 2.27. The highest BCUT2D eigenvalue weighted by molar-refractivity contribution is 9.10. The standard InChI is InChI=1S/C16H23BrO3S/c1-16(2)10-7-13(8-11-16)9-12-20-21(18,19)15-5-3-14(17)4-6-15/h3-6,13H,7-12H2,1-2H3. The van der Waals surface area contributed by atoms with E-state index in [1.807, 2.05) is 0 Å². The van der Waals surface area contributed by atoms with E-state index in [1.165, 1.54) is 25.7 Å². The van der Waals surface area contributed by atoms with Crippen molar-refractivity contribution in [1.29, 1.82) is 0 Å². The second kappa shape index (κ2) is 6.80. The van der Waals surface area contributed by atoms with Gasteiger partial charge in [0.1, 0.15) is 0 Å². The van der Waals surface area contributed by atoms with E-state index in [2.05, 4.69) is 29.8 Å². The zero-order valence-corrected chi connectivity index (χ0v) is 15.0. The van der Waals surface area contributed by atoms with Crippen LogP contribution in [-0.2, 0) is 14.3 Å². The lowest BCUT2D eigenvalue weighted by Gasteiger charge is -2.34. The van der Waals surface area contributed by atoms with Crippen molar-refractivity contribution in [3.8, 4) is 0 Å². The molecule has 0 bridgehead atoms. The Morgan fingerprint density at radius 1 is 1.19 bits per heavy atom. The fourth-order valence-corrected chi connectivity index (χ4v) is 3.93. The van der Waals surface area contributed by atoms with E-state index in [9.17, 15) is 8.42 Å². The lowest BCUT2D eigenvalue weighted by Crippen LogP contribution is -2.22. The molecule has 5 heteroatoms. The van der Waals surface area contributed by atoms with Crippen molar-refractivity contribution in [3.63, 3.8) is 0 Å². The molecular formula is C16H23BrO3S. The molecule has 0 spiro atoms. The van der Waals surface area contributed by atoms with Gasteiger partial charge in [0.05, 0.1) is 11.5 Å². The van der Waals surface area contributed by atoms with Crippen LogP contribution in [0.15, 0.2) is 33.6 Å². The van der Waals surface area contributed by atoms with E-state index >= 15 is 0 Å². The van der Waals surface area contributed by atoms with Gasteiger partial charge in [0.2, 0.25) is 0 Å². The Bertz CT molecular complexity index is 554. The zero-order valence-electron chi connectivity index (χ0n) is 12.6. The first-order valence-electron chi connectivity index (χ1n) is 7.44. The lowest BCUT2D eigenvalue weighted by molar-refractivity contribution is 0.168. The average Bonchev–Trinajstić information content (AvgIpc) is 2.41. The maximum Gasteiger partial charge on any atom is 0.296 e. The van der Waals surface area contributed by atoms with Gasteiger partial charge in [0.25, 0.3) is 10.1 Å². The van der Waals surface area contributed by atoms with E-state index in [-0.39, 0.29) is 11.5 Å². The quantitative estimate of drug-likeness (QED) is 0.697. The summed E-state index contributed by atoms with van der Waals surface area (Å²) in [4.78, 5) is 0.218. The van der Waals surface area contributed by atoms with Crippen LogP contribution >= 0.6 is 15.9 Å². The molecule has 118 valence electrons. The number of hydrogen-bond donors (Lipinski definition) is 0. The van der Waals surface area contributed by atoms with Gasteiger partial charge in [-0.3, -0.25) is 4.18 Å². The van der Waals surface area contributed by atoms with Gasteiger partial charge in [0, 0.05) is 4.47 Å². The van der Waals surface area contributed by atoms with Gasteiger partial charge in [-0.05, 0) is 67.7 Å². The third kappa shape index (κ3) is 5.08. The Kier molecular flexibility index (Phi) is 5.49. The second-order valence-electron chi connectivity index (χ2n) is 6.63. The van der Waals surface area contributed by atoms with Gasteiger partial charge < -0.3 is 0 Å². The third-order valence-electron chi connectivity index (χ3n) is 4.33. The van der Waals surface area contributed by atoms with Crippen LogP contribution in [0.4, 0.5) is 0 Å².